The molecule has 0 bridgehead atoms. The molecule has 0 aromatic heterocycles. The summed E-state index contributed by atoms with van der Waals surface area (Å²) in [6, 6.07) is 4.20. The lowest BCUT2D eigenvalue weighted by Crippen LogP contribution is -2.06. The fourth-order valence-electron chi connectivity index (χ4n) is 1.70. The molecule has 1 atom stereocenters. The highest BCUT2D eigenvalue weighted by Crippen LogP contribution is 2.34. The van der Waals surface area contributed by atoms with Gasteiger partial charge >= 0.3 is 12.1 Å². The Balaban J connectivity index is 2.50. The van der Waals surface area contributed by atoms with Crippen LogP contribution in [0.2, 0.25) is 0 Å². The maximum Gasteiger partial charge on any atom is 0.416 e. The van der Waals surface area contributed by atoms with Crippen molar-refractivity contribution in [3.05, 3.63) is 41.2 Å². The standard InChI is InChI=1S/C12H9F3O3/c1-6-10(16)9(11(17)18-6)7-3-2-4-8(5-7)12(13,14)15/h2-6,16H,1H3. The van der Waals surface area contributed by atoms with Gasteiger partial charge in [-0.05, 0) is 24.6 Å². The van der Waals surface area contributed by atoms with Crippen LogP contribution in [-0.2, 0) is 15.7 Å². The van der Waals surface area contributed by atoms with Gasteiger partial charge in [0.15, 0.2) is 6.10 Å². The molecule has 2 rings (SSSR count). The Morgan fingerprint density at radius 3 is 2.50 bits per heavy atom. The van der Waals surface area contributed by atoms with E-state index >= 15 is 0 Å². The summed E-state index contributed by atoms with van der Waals surface area (Å²) in [6.45, 7) is 1.44. The van der Waals surface area contributed by atoms with Crippen LogP contribution in [0.3, 0.4) is 0 Å². The first kappa shape index (κ1) is 12.5. The van der Waals surface area contributed by atoms with E-state index in [0.29, 0.717) is 0 Å². The van der Waals surface area contributed by atoms with Gasteiger partial charge in [-0.15, -0.1) is 0 Å². The number of carbonyl (C=O) groups is 1. The van der Waals surface area contributed by atoms with Gasteiger partial charge in [0.2, 0.25) is 0 Å². The molecule has 0 saturated heterocycles. The number of halogens is 3. The van der Waals surface area contributed by atoms with Crippen molar-refractivity contribution in [3.63, 3.8) is 0 Å². The van der Waals surface area contributed by atoms with Crippen molar-refractivity contribution >= 4 is 11.5 Å². The molecule has 0 fully saturated rings. The number of esters is 1. The van der Waals surface area contributed by atoms with Gasteiger partial charge in [0.1, 0.15) is 11.3 Å². The third-order valence-corrected chi connectivity index (χ3v) is 2.61. The van der Waals surface area contributed by atoms with E-state index in [4.69, 9.17) is 4.74 Å². The Hall–Kier alpha value is -1.98. The molecule has 0 aliphatic carbocycles. The Bertz CT molecular complexity index is 532. The van der Waals surface area contributed by atoms with Gasteiger partial charge in [0.05, 0.1) is 5.56 Å². The second kappa shape index (κ2) is 4.04. The molecule has 18 heavy (non-hydrogen) atoms. The van der Waals surface area contributed by atoms with Gasteiger partial charge in [-0.3, -0.25) is 0 Å². The topological polar surface area (TPSA) is 46.5 Å². The van der Waals surface area contributed by atoms with Crippen LogP contribution in [0.15, 0.2) is 30.0 Å². The molecule has 0 saturated carbocycles. The highest BCUT2D eigenvalue weighted by atomic mass is 19.4. The molecule has 1 unspecified atom stereocenters. The van der Waals surface area contributed by atoms with Crippen LogP contribution in [0.5, 0.6) is 0 Å². The SMILES string of the molecule is CC1OC(=O)C(c2cccc(C(F)(F)F)c2)=C1O. The molecule has 0 radical (unpaired) electrons. The lowest BCUT2D eigenvalue weighted by Gasteiger charge is -2.08. The lowest BCUT2D eigenvalue weighted by molar-refractivity contribution is -0.139. The number of alkyl halides is 3. The maximum absolute atomic E-state index is 12.5. The minimum absolute atomic E-state index is 0.00308. The van der Waals surface area contributed by atoms with E-state index in [9.17, 15) is 23.1 Å². The van der Waals surface area contributed by atoms with Gasteiger partial charge in [-0.1, -0.05) is 12.1 Å². The number of hydrogen-bond donors (Lipinski definition) is 1. The molecule has 1 aromatic rings. The first-order valence-corrected chi connectivity index (χ1v) is 5.12. The normalized spacial score (nSPS) is 20.2. The molecule has 3 nitrogen and oxygen atoms in total. The Labute approximate surface area is 100 Å². The summed E-state index contributed by atoms with van der Waals surface area (Å²) in [6.07, 6.45) is -5.33. The molecule has 1 aliphatic heterocycles. The third-order valence-electron chi connectivity index (χ3n) is 2.61. The maximum atomic E-state index is 12.5. The van der Waals surface area contributed by atoms with Crippen LogP contribution in [0.4, 0.5) is 13.2 Å². The second-order valence-corrected chi connectivity index (χ2v) is 3.89. The first-order valence-electron chi connectivity index (χ1n) is 5.12. The van der Waals surface area contributed by atoms with E-state index < -0.39 is 23.8 Å². The van der Waals surface area contributed by atoms with Crippen LogP contribution in [0.1, 0.15) is 18.1 Å². The molecular formula is C12H9F3O3. The first-order chi connectivity index (χ1) is 8.30. The van der Waals surface area contributed by atoms with E-state index in [2.05, 4.69) is 0 Å². The number of aliphatic hydroxyl groups excluding tert-OH is 1. The minimum atomic E-state index is -4.50. The number of rotatable bonds is 1. The molecule has 1 aromatic carbocycles. The molecule has 0 spiro atoms. The van der Waals surface area contributed by atoms with Crippen molar-refractivity contribution < 1.29 is 27.8 Å². The number of carbonyl (C=O) groups excluding carboxylic acids is 1. The summed E-state index contributed by atoms with van der Waals surface area (Å²) in [5, 5.41) is 9.63. The minimum Gasteiger partial charge on any atom is -0.507 e. The molecule has 96 valence electrons. The summed E-state index contributed by atoms with van der Waals surface area (Å²) >= 11 is 0. The van der Waals surface area contributed by atoms with Crippen molar-refractivity contribution in [3.8, 4) is 0 Å². The van der Waals surface area contributed by atoms with Crippen LogP contribution >= 0.6 is 0 Å². The third kappa shape index (κ3) is 2.05. The Morgan fingerprint density at radius 1 is 1.33 bits per heavy atom. The summed E-state index contributed by atoms with van der Waals surface area (Å²) in [7, 11) is 0. The van der Waals surface area contributed by atoms with Crippen molar-refractivity contribution in [2.45, 2.75) is 19.2 Å². The van der Waals surface area contributed by atoms with E-state index in [-0.39, 0.29) is 16.9 Å². The number of cyclic esters (lactones) is 1. The number of hydrogen-bond acceptors (Lipinski definition) is 3. The Kier molecular flexibility index (Phi) is 2.80. The fraction of sp³-hybridized carbons (Fsp3) is 0.250. The molecule has 6 heteroatoms. The van der Waals surface area contributed by atoms with Gasteiger partial charge in [-0.2, -0.15) is 13.2 Å². The molecule has 1 N–H and O–H groups in total. The molecule has 0 amide bonds. The zero-order valence-corrected chi connectivity index (χ0v) is 9.28. The highest BCUT2D eigenvalue weighted by molar-refractivity contribution is 6.19. The van der Waals surface area contributed by atoms with Gasteiger partial charge in [0, 0.05) is 0 Å². The molecule has 1 heterocycles. The average Bonchev–Trinajstić information content (AvgIpc) is 2.52. The van der Waals surface area contributed by atoms with E-state index in [0.717, 1.165) is 12.1 Å². The predicted octanol–water partition coefficient (Wildman–Crippen LogP) is 2.92. The monoisotopic (exact) mass is 258 g/mol. The van der Waals surface area contributed by atoms with Gasteiger partial charge < -0.3 is 9.84 Å². The van der Waals surface area contributed by atoms with Crippen LogP contribution in [-0.4, -0.2) is 17.2 Å². The second-order valence-electron chi connectivity index (χ2n) is 3.89. The van der Waals surface area contributed by atoms with Crippen molar-refractivity contribution in [1.82, 2.24) is 0 Å². The zero-order chi connectivity index (χ0) is 13.5. The van der Waals surface area contributed by atoms with Gasteiger partial charge in [-0.25, -0.2) is 4.79 Å². The lowest BCUT2D eigenvalue weighted by atomic mass is 10.0. The van der Waals surface area contributed by atoms with Crippen molar-refractivity contribution in [2.75, 3.05) is 0 Å². The van der Waals surface area contributed by atoms with Crippen LogP contribution in [0, 0.1) is 0 Å². The van der Waals surface area contributed by atoms with Crippen molar-refractivity contribution in [1.29, 1.82) is 0 Å². The summed E-state index contributed by atoms with van der Waals surface area (Å²) in [5.74, 6) is -1.17. The number of aliphatic hydroxyl groups is 1. The fourth-order valence-corrected chi connectivity index (χ4v) is 1.70. The quantitative estimate of drug-likeness (QED) is 0.788. The van der Waals surface area contributed by atoms with Gasteiger partial charge in [0.25, 0.3) is 0 Å². The highest BCUT2D eigenvalue weighted by Gasteiger charge is 2.35. The van der Waals surface area contributed by atoms with E-state index in [1.54, 1.807) is 0 Å². The number of ether oxygens (including phenoxy) is 1. The molecular weight excluding hydrogens is 249 g/mol. The Morgan fingerprint density at radius 2 is 2.00 bits per heavy atom. The summed E-state index contributed by atoms with van der Waals surface area (Å²) in [5.41, 5.74) is -1.10. The number of benzene rings is 1. The average molecular weight is 258 g/mol. The predicted molar refractivity (Wildman–Crippen MR) is 56.5 cm³/mol. The smallest absolute Gasteiger partial charge is 0.416 e. The van der Waals surface area contributed by atoms with Crippen LogP contribution < -0.4 is 0 Å². The zero-order valence-electron chi connectivity index (χ0n) is 9.28. The summed E-state index contributed by atoms with van der Waals surface area (Å²) in [4.78, 5) is 11.4. The largest absolute Gasteiger partial charge is 0.507 e. The van der Waals surface area contributed by atoms with E-state index in [1.165, 1.54) is 19.1 Å². The van der Waals surface area contributed by atoms with Crippen molar-refractivity contribution in [2.24, 2.45) is 0 Å². The summed E-state index contributed by atoms with van der Waals surface area (Å²) < 4.78 is 42.3. The van der Waals surface area contributed by atoms with Crippen LogP contribution in [0.25, 0.3) is 5.57 Å². The van der Waals surface area contributed by atoms with E-state index in [1.807, 2.05) is 0 Å². The molecule has 1 aliphatic rings.